The number of rotatable bonds is 6. The van der Waals surface area contributed by atoms with E-state index < -0.39 is 0 Å². The first-order valence-corrected chi connectivity index (χ1v) is 10.2. The van der Waals surface area contributed by atoms with Crippen molar-refractivity contribution < 1.29 is 4.79 Å². The predicted octanol–water partition coefficient (Wildman–Crippen LogP) is 3.33. The first-order valence-electron chi connectivity index (χ1n) is 10.2. The lowest BCUT2D eigenvalue weighted by Gasteiger charge is -2.20. The van der Waals surface area contributed by atoms with Crippen molar-refractivity contribution in [1.29, 1.82) is 0 Å². The average molecular weight is 415 g/mol. The molecule has 0 aliphatic carbocycles. The molecule has 7 heteroatoms. The molecule has 0 bridgehead atoms. The number of hydrogen-bond donors (Lipinski definition) is 0. The molecule has 1 aromatic carbocycles. The van der Waals surface area contributed by atoms with Crippen LogP contribution in [0.2, 0.25) is 0 Å². The molecular formula is C24H26N6O. The normalized spacial score (nSPS) is 11.3. The van der Waals surface area contributed by atoms with E-state index in [1.54, 1.807) is 22.0 Å². The summed E-state index contributed by atoms with van der Waals surface area (Å²) in [7, 11) is 7.72. The van der Waals surface area contributed by atoms with Crippen LogP contribution in [0.3, 0.4) is 0 Å². The predicted molar refractivity (Wildman–Crippen MR) is 123 cm³/mol. The molecule has 0 fully saturated rings. The summed E-state index contributed by atoms with van der Waals surface area (Å²) in [5, 5.41) is 5.15. The Balaban J connectivity index is 1.67. The van der Waals surface area contributed by atoms with E-state index in [-0.39, 0.29) is 5.91 Å². The second kappa shape index (κ2) is 8.65. The molecule has 0 N–H and O–H groups in total. The first kappa shape index (κ1) is 20.7. The van der Waals surface area contributed by atoms with Crippen LogP contribution >= 0.6 is 0 Å². The van der Waals surface area contributed by atoms with Crippen molar-refractivity contribution in [3.63, 3.8) is 0 Å². The monoisotopic (exact) mass is 414 g/mol. The molecule has 31 heavy (non-hydrogen) atoms. The van der Waals surface area contributed by atoms with Gasteiger partial charge in [-0.2, -0.15) is 5.10 Å². The summed E-state index contributed by atoms with van der Waals surface area (Å²) >= 11 is 0. The highest BCUT2D eigenvalue weighted by Crippen LogP contribution is 2.29. The molecule has 0 saturated heterocycles. The minimum Gasteiger partial charge on any atom is -0.340 e. The van der Waals surface area contributed by atoms with Crippen LogP contribution in [-0.4, -0.2) is 69.7 Å². The van der Waals surface area contributed by atoms with E-state index in [2.05, 4.69) is 44.2 Å². The number of benzene rings is 1. The molecule has 0 unspecified atom stereocenters. The summed E-state index contributed by atoms with van der Waals surface area (Å²) in [6.45, 7) is 1.46. The van der Waals surface area contributed by atoms with Gasteiger partial charge in [0.05, 0.1) is 23.5 Å². The van der Waals surface area contributed by atoms with Crippen LogP contribution < -0.4 is 0 Å². The molecule has 7 nitrogen and oxygen atoms in total. The second-order valence-corrected chi connectivity index (χ2v) is 7.99. The van der Waals surface area contributed by atoms with Gasteiger partial charge in [0, 0.05) is 62.3 Å². The van der Waals surface area contributed by atoms with Gasteiger partial charge in [0.15, 0.2) is 0 Å². The summed E-state index contributed by atoms with van der Waals surface area (Å²) in [4.78, 5) is 25.5. The number of likely N-dealkylation sites (N-methyl/N-ethyl adjacent to an activating group) is 2. The number of pyridine rings is 2. The Bertz CT molecular complexity index is 1210. The Morgan fingerprint density at radius 2 is 1.68 bits per heavy atom. The molecule has 0 aliphatic heterocycles. The summed E-state index contributed by atoms with van der Waals surface area (Å²) in [5.41, 5.74) is 5.49. The lowest BCUT2D eigenvalue weighted by molar-refractivity contribution is 0.0786. The summed E-state index contributed by atoms with van der Waals surface area (Å²) in [6, 6.07) is 10.2. The third-order valence-corrected chi connectivity index (χ3v) is 5.32. The van der Waals surface area contributed by atoms with Crippen molar-refractivity contribution in [1.82, 2.24) is 29.5 Å². The van der Waals surface area contributed by atoms with Crippen LogP contribution in [0.5, 0.6) is 0 Å². The van der Waals surface area contributed by atoms with Gasteiger partial charge >= 0.3 is 0 Å². The number of amides is 1. The average Bonchev–Trinajstić information content (AvgIpc) is 3.22. The Morgan fingerprint density at radius 1 is 0.935 bits per heavy atom. The van der Waals surface area contributed by atoms with Crippen molar-refractivity contribution >= 4 is 16.8 Å². The molecule has 0 radical (unpaired) electrons. The Labute approximate surface area is 182 Å². The van der Waals surface area contributed by atoms with E-state index in [0.717, 1.165) is 39.7 Å². The summed E-state index contributed by atoms with van der Waals surface area (Å²) in [5.74, 6) is -0.0362. The maximum Gasteiger partial charge on any atom is 0.255 e. The molecule has 0 spiro atoms. The second-order valence-electron chi connectivity index (χ2n) is 7.99. The van der Waals surface area contributed by atoms with Crippen molar-refractivity contribution in [3.05, 3.63) is 66.9 Å². The minimum absolute atomic E-state index is 0.0362. The molecule has 3 heterocycles. The van der Waals surface area contributed by atoms with E-state index in [1.807, 2.05) is 52.8 Å². The van der Waals surface area contributed by atoms with Gasteiger partial charge in [0.2, 0.25) is 0 Å². The molecule has 3 aromatic heterocycles. The third-order valence-electron chi connectivity index (χ3n) is 5.32. The topological polar surface area (TPSA) is 67.2 Å². The first-order chi connectivity index (χ1) is 14.9. The number of hydrogen-bond acceptors (Lipinski definition) is 5. The van der Waals surface area contributed by atoms with Crippen molar-refractivity contribution in [3.8, 4) is 22.3 Å². The van der Waals surface area contributed by atoms with Crippen LogP contribution in [0.15, 0.2) is 61.3 Å². The zero-order chi connectivity index (χ0) is 22.0. The quantitative estimate of drug-likeness (QED) is 0.484. The zero-order valence-electron chi connectivity index (χ0n) is 18.3. The van der Waals surface area contributed by atoms with Crippen LogP contribution in [-0.2, 0) is 7.05 Å². The SMILES string of the molecule is CN(C)CCN(C)C(=O)c1cnc2cncc(-c3ccc(-c4cnn(C)c4)cc3)c2c1. The van der Waals surface area contributed by atoms with Gasteiger partial charge in [0.1, 0.15) is 0 Å². The summed E-state index contributed by atoms with van der Waals surface area (Å²) < 4.78 is 1.79. The Morgan fingerprint density at radius 3 is 2.35 bits per heavy atom. The fourth-order valence-corrected chi connectivity index (χ4v) is 3.48. The lowest BCUT2D eigenvalue weighted by Crippen LogP contribution is -2.33. The lowest BCUT2D eigenvalue weighted by atomic mass is 9.99. The molecule has 1 amide bonds. The molecule has 158 valence electrons. The molecule has 0 atom stereocenters. The smallest absolute Gasteiger partial charge is 0.255 e. The number of fused-ring (bicyclic) bond motifs is 1. The number of nitrogens with zero attached hydrogens (tertiary/aromatic N) is 6. The van der Waals surface area contributed by atoms with Crippen molar-refractivity contribution in [2.75, 3.05) is 34.2 Å². The van der Waals surface area contributed by atoms with E-state index in [1.165, 1.54) is 0 Å². The largest absolute Gasteiger partial charge is 0.340 e. The molecule has 4 rings (SSSR count). The molecular weight excluding hydrogens is 388 g/mol. The van der Waals surface area contributed by atoms with Gasteiger partial charge < -0.3 is 9.80 Å². The van der Waals surface area contributed by atoms with E-state index in [0.29, 0.717) is 12.1 Å². The van der Waals surface area contributed by atoms with Gasteiger partial charge in [0.25, 0.3) is 5.91 Å². The highest BCUT2D eigenvalue weighted by molar-refractivity contribution is 6.01. The molecule has 4 aromatic rings. The van der Waals surface area contributed by atoms with Gasteiger partial charge in [-0.25, -0.2) is 0 Å². The van der Waals surface area contributed by atoms with Gasteiger partial charge in [-0.3, -0.25) is 19.4 Å². The third kappa shape index (κ3) is 4.46. The standard InChI is InChI=1S/C24H26N6O/c1-28(2)9-10-29(3)24(31)19-11-21-22(14-25-15-23(21)26-12-19)18-7-5-17(6-8-18)20-13-27-30(4)16-20/h5-8,11-16H,9-10H2,1-4H3. The van der Waals surface area contributed by atoms with Crippen LogP contribution in [0.4, 0.5) is 0 Å². The van der Waals surface area contributed by atoms with Crippen LogP contribution in [0.25, 0.3) is 33.2 Å². The number of aryl methyl sites for hydroxylation is 1. The highest BCUT2D eigenvalue weighted by Gasteiger charge is 2.15. The maximum atomic E-state index is 12.9. The Hall–Kier alpha value is -3.58. The van der Waals surface area contributed by atoms with E-state index in [9.17, 15) is 4.79 Å². The fourth-order valence-electron chi connectivity index (χ4n) is 3.48. The van der Waals surface area contributed by atoms with E-state index in [4.69, 9.17) is 0 Å². The zero-order valence-corrected chi connectivity index (χ0v) is 18.3. The van der Waals surface area contributed by atoms with Crippen molar-refractivity contribution in [2.24, 2.45) is 7.05 Å². The molecule has 0 aliphatic rings. The van der Waals surface area contributed by atoms with Crippen LogP contribution in [0.1, 0.15) is 10.4 Å². The highest BCUT2D eigenvalue weighted by atomic mass is 16.2. The van der Waals surface area contributed by atoms with Gasteiger partial charge in [-0.05, 0) is 31.3 Å². The van der Waals surface area contributed by atoms with Gasteiger partial charge in [-0.1, -0.05) is 24.3 Å². The number of carbonyl (C=O) groups excluding carboxylic acids is 1. The fraction of sp³-hybridized carbons (Fsp3) is 0.250. The Kier molecular flexibility index (Phi) is 5.77. The minimum atomic E-state index is -0.0362. The van der Waals surface area contributed by atoms with Gasteiger partial charge in [-0.15, -0.1) is 0 Å². The molecule has 0 saturated carbocycles. The maximum absolute atomic E-state index is 12.9. The number of aromatic nitrogens is 4. The van der Waals surface area contributed by atoms with Crippen molar-refractivity contribution in [2.45, 2.75) is 0 Å². The van der Waals surface area contributed by atoms with Crippen LogP contribution in [0, 0.1) is 0 Å². The number of carbonyl (C=O) groups is 1. The summed E-state index contributed by atoms with van der Waals surface area (Å²) in [6.07, 6.45) is 9.03. The van der Waals surface area contributed by atoms with E-state index >= 15 is 0 Å².